The molecule has 0 spiro atoms. The van der Waals surface area contributed by atoms with Gasteiger partial charge >= 0.3 is 6.03 Å². The van der Waals surface area contributed by atoms with Crippen LogP contribution in [-0.2, 0) is 0 Å². The second-order valence-electron chi connectivity index (χ2n) is 6.61. The molecule has 7 nitrogen and oxygen atoms in total. The lowest BCUT2D eigenvalue weighted by molar-refractivity contribution is 0.262. The molecule has 0 saturated heterocycles. The van der Waals surface area contributed by atoms with E-state index in [1.54, 1.807) is 6.07 Å². The number of pyridine rings is 1. The third-order valence-corrected chi connectivity index (χ3v) is 4.44. The van der Waals surface area contributed by atoms with Crippen molar-refractivity contribution in [2.75, 3.05) is 10.6 Å². The number of aromatic hydroxyl groups is 1. The monoisotopic (exact) mass is 432 g/mol. The summed E-state index contributed by atoms with van der Waals surface area (Å²) < 4.78 is 33.2. The number of benzene rings is 3. The van der Waals surface area contributed by atoms with Crippen molar-refractivity contribution in [3.05, 3.63) is 89.9 Å². The molecule has 158 valence electrons. The predicted octanol–water partition coefficient (Wildman–Crippen LogP) is 6.21. The minimum Gasteiger partial charge on any atom is -0.519 e. The molecule has 1 heterocycles. The number of halogens is 2. The Hall–Kier alpha value is -4.71. The Morgan fingerprint density at radius 1 is 1.03 bits per heavy atom. The van der Waals surface area contributed by atoms with Crippen LogP contribution in [0.25, 0.3) is 15.7 Å². The van der Waals surface area contributed by atoms with Crippen LogP contribution in [0.15, 0.2) is 66.9 Å². The Kier molecular flexibility index (Phi) is 5.51. The summed E-state index contributed by atoms with van der Waals surface area (Å²) in [6.07, 6.45) is 1.46. The van der Waals surface area contributed by atoms with Crippen LogP contribution in [0.4, 0.5) is 30.6 Å². The molecule has 0 aliphatic heterocycles. The smallest absolute Gasteiger partial charge is 0.323 e. The SMILES string of the molecule is [C-]#[N+]c1cc2c(Oc3ccc(NC(=O)Nc4ccc(F)cc4)c(F)c3)ccnc2cc1O. The zero-order valence-corrected chi connectivity index (χ0v) is 16.3. The van der Waals surface area contributed by atoms with Crippen molar-refractivity contribution < 1.29 is 23.4 Å². The Labute approximate surface area is 180 Å². The molecular weight excluding hydrogens is 418 g/mol. The van der Waals surface area contributed by atoms with Gasteiger partial charge in [0, 0.05) is 23.3 Å². The molecule has 0 unspecified atom stereocenters. The van der Waals surface area contributed by atoms with Crippen molar-refractivity contribution in [2.45, 2.75) is 0 Å². The zero-order chi connectivity index (χ0) is 22.7. The molecule has 32 heavy (non-hydrogen) atoms. The van der Waals surface area contributed by atoms with Gasteiger partial charge in [0.15, 0.2) is 0 Å². The maximum absolute atomic E-state index is 14.5. The van der Waals surface area contributed by atoms with Gasteiger partial charge in [-0.15, -0.1) is 0 Å². The summed E-state index contributed by atoms with van der Waals surface area (Å²) in [6.45, 7) is 7.14. The number of carbonyl (C=O) groups excluding carboxylic acids is 1. The minimum atomic E-state index is -0.741. The first-order valence-corrected chi connectivity index (χ1v) is 9.23. The van der Waals surface area contributed by atoms with Crippen LogP contribution in [0.5, 0.6) is 17.2 Å². The van der Waals surface area contributed by atoms with Crippen LogP contribution in [0.2, 0.25) is 0 Å². The van der Waals surface area contributed by atoms with E-state index in [1.807, 2.05) is 0 Å². The maximum Gasteiger partial charge on any atom is 0.323 e. The van der Waals surface area contributed by atoms with Gasteiger partial charge in [0.05, 0.1) is 17.8 Å². The predicted molar refractivity (Wildman–Crippen MR) is 115 cm³/mol. The molecule has 0 aliphatic rings. The van der Waals surface area contributed by atoms with E-state index in [0.717, 1.165) is 6.07 Å². The molecule has 3 N–H and O–H groups in total. The summed E-state index contributed by atoms with van der Waals surface area (Å²) in [6, 6.07) is 12.6. The number of hydrogen-bond acceptors (Lipinski definition) is 4. The Balaban J connectivity index is 1.52. The average molecular weight is 432 g/mol. The lowest BCUT2D eigenvalue weighted by atomic mass is 10.1. The van der Waals surface area contributed by atoms with Gasteiger partial charge in [0.25, 0.3) is 0 Å². The molecule has 0 radical (unpaired) electrons. The number of carbonyl (C=O) groups is 1. The first-order chi connectivity index (χ1) is 15.4. The molecule has 4 rings (SSSR count). The standard InChI is InChI=1S/C23H14F2N4O3/c1-26-20-11-16-19(12-21(20)30)27-9-8-22(16)32-15-6-7-18(17(25)10-15)29-23(31)28-14-4-2-13(24)3-5-14/h2-12,30H,(H2,28,29,31). The molecule has 3 aromatic carbocycles. The molecule has 4 aromatic rings. The van der Waals surface area contributed by atoms with Crippen molar-refractivity contribution in [1.82, 2.24) is 4.98 Å². The number of nitrogens with one attached hydrogen (secondary N) is 2. The van der Waals surface area contributed by atoms with Crippen LogP contribution in [0.3, 0.4) is 0 Å². The van der Waals surface area contributed by atoms with Crippen LogP contribution >= 0.6 is 0 Å². The number of phenolic OH excluding ortho intramolecular Hbond substituents is 1. The van der Waals surface area contributed by atoms with Gasteiger partial charge < -0.3 is 20.5 Å². The van der Waals surface area contributed by atoms with E-state index in [4.69, 9.17) is 11.3 Å². The lowest BCUT2D eigenvalue weighted by Gasteiger charge is -2.12. The number of anilines is 2. The van der Waals surface area contributed by atoms with E-state index in [1.165, 1.54) is 54.7 Å². The highest BCUT2D eigenvalue weighted by Crippen LogP contribution is 2.37. The molecule has 1 aromatic heterocycles. The fourth-order valence-electron chi connectivity index (χ4n) is 2.93. The third-order valence-electron chi connectivity index (χ3n) is 4.44. The van der Waals surface area contributed by atoms with E-state index in [2.05, 4.69) is 20.5 Å². The molecular formula is C23H14F2N4O3. The number of urea groups is 1. The summed E-state index contributed by atoms with van der Waals surface area (Å²) in [5.74, 6) is -0.917. The number of amides is 2. The molecule has 0 saturated carbocycles. The normalized spacial score (nSPS) is 10.4. The summed E-state index contributed by atoms with van der Waals surface area (Å²) >= 11 is 0. The summed E-state index contributed by atoms with van der Waals surface area (Å²) in [5, 5.41) is 15.1. The second kappa shape index (κ2) is 8.57. The van der Waals surface area contributed by atoms with Crippen molar-refractivity contribution in [3.8, 4) is 17.2 Å². The van der Waals surface area contributed by atoms with E-state index in [0.29, 0.717) is 22.3 Å². The van der Waals surface area contributed by atoms with E-state index in [-0.39, 0.29) is 22.9 Å². The van der Waals surface area contributed by atoms with Crippen molar-refractivity contribution in [2.24, 2.45) is 0 Å². The Morgan fingerprint density at radius 2 is 1.81 bits per heavy atom. The fourth-order valence-corrected chi connectivity index (χ4v) is 2.93. The van der Waals surface area contributed by atoms with E-state index >= 15 is 0 Å². The van der Waals surface area contributed by atoms with Crippen LogP contribution in [0.1, 0.15) is 0 Å². The molecule has 9 heteroatoms. The molecule has 0 aliphatic carbocycles. The molecule has 2 amide bonds. The van der Waals surface area contributed by atoms with Crippen molar-refractivity contribution in [3.63, 3.8) is 0 Å². The fraction of sp³-hybridized carbons (Fsp3) is 0. The van der Waals surface area contributed by atoms with Crippen molar-refractivity contribution in [1.29, 1.82) is 0 Å². The zero-order valence-electron chi connectivity index (χ0n) is 16.3. The van der Waals surface area contributed by atoms with Gasteiger partial charge in [0.1, 0.15) is 28.9 Å². The summed E-state index contributed by atoms with van der Waals surface area (Å²) in [4.78, 5) is 19.4. The van der Waals surface area contributed by atoms with Crippen molar-refractivity contribution >= 4 is 34.0 Å². The highest BCUT2D eigenvalue weighted by Gasteiger charge is 2.12. The number of rotatable bonds is 4. The lowest BCUT2D eigenvalue weighted by Crippen LogP contribution is -2.20. The highest BCUT2D eigenvalue weighted by atomic mass is 19.1. The molecule has 0 bridgehead atoms. The van der Waals surface area contributed by atoms with Crippen LogP contribution in [0, 0.1) is 18.2 Å². The van der Waals surface area contributed by atoms with Gasteiger partial charge in [-0.3, -0.25) is 4.98 Å². The number of nitrogens with zero attached hydrogens (tertiary/aromatic N) is 2. The summed E-state index contributed by atoms with van der Waals surface area (Å²) in [5.41, 5.74) is 0.701. The van der Waals surface area contributed by atoms with Gasteiger partial charge in [-0.2, -0.15) is 0 Å². The third kappa shape index (κ3) is 4.39. The number of phenols is 1. The number of fused-ring (bicyclic) bond motifs is 1. The number of ether oxygens (including phenoxy) is 1. The quantitative estimate of drug-likeness (QED) is 0.335. The Morgan fingerprint density at radius 3 is 2.53 bits per heavy atom. The average Bonchev–Trinajstić information content (AvgIpc) is 2.77. The van der Waals surface area contributed by atoms with Gasteiger partial charge in [-0.05, 0) is 54.6 Å². The topological polar surface area (TPSA) is 87.8 Å². The Bertz CT molecular complexity index is 1370. The first-order valence-electron chi connectivity index (χ1n) is 9.23. The van der Waals surface area contributed by atoms with Gasteiger partial charge in [-0.1, -0.05) is 0 Å². The van der Waals surface area contributed by atoms with E-state index < -0.39 is 17.7 Å². The second-order valence-corrected chi connectivity index (χ2v) is 6.61. The summed E-state index contributed by atoms with van der Waals surface area (Å²) in [7, 11) is 0. The van der Waals surface area contributed by atoms with Crippen LogP contribution < -0.4 is 15.4 Å². The first kappa shape index (κ1) is 20.6. The molecule has 0 fully saturated rings. The van der Waals surface area contributed by atoms with Gasteiger partial charge in [-0.25, -0.2) is 18.4 Å². The largest absolute Gasteiger partial charge is 0.519 e. The van der Waals surface area contributed by atoms with Crippen LogP contribution in [-0.4, -0.2) is 16.1 Å². The molecule has 0 atom stereocenters. The number of aromatic nitrogens is 1. The van der Waals surface area contributed by atoms with E-state index in [9.17, 15) is 18.7 Å². The maximum atomic E-state index is 14.5. The highest BCUT2D eigenvalue weighted by molar-refractivity contribution is 5.99. The number of hydrogen-bond donors (Lipinski definition) is 3. The van der Waals surface area contributed by atoms with Gasteiger partial charge in [0.2, 0.25) is 5.69 Å². The minimum absolute atomic E-state index is 0.0354.